The number of rotatable bonds is 16. The van der Waals surface area contributed by atoms with Gasteiger partial charge < -0.3 is 52.5 Å². The van der Waals surface area contributed by atoms with Crippen LogP contribution in [0.3, 0.4) is 0 Å². The lowest BCUT2D eigenvalue weighted by Gasteiger charge is -2.42. The van der Waals surface area contributed by atoms with Crippen molar-refractivity contribution in [3.63, 3.8) is 0 Å². The van der Waals surface area contributed by atoms with Crippen LogP contribution in [0.1, 0.15) is 30.1 Å². The second kappa shape index (κ2) is 19.0. The van der Waals surface area contributed by atoms with Crippen LogP contribution < -0.4 is 52.4 Å². The first-order valence-electron chi connectivity index (χ1n) is 18.3. The average molecular weight is 829 g/mol. The summed E-state index contributed by atoms with van der Waals surface area (Å²) in [6.07, 6.45) is 0. The van der Waals surface area contributed by atoms with Crippen LogP contribution in [0.25, 0.3) is 0 Å². The molecule has 2 aliphatic rings. The van der Waals surface area contributed by atoms with Gasteiger partial charge in [-0.05, 0) is 42.3 Å². The quantitative estimate of drug-likeness (QED) is 0.0750. The SMILES string of the molecule is C=C1C(=O)N(c2cc(OC)c(OC)c(OC)c2)[C@H]1c1ccc(OC)c(O)c1.C=C1C(=O)N(c2cc(OC)c(OC)c(OC)c2)[C@H]1c1ccc(OC)c(OCC(=O)OCC)c1. The molecule has 4 aromatic carbocycles. The number of carbonyl (C=O) groups excluding carboxylic acids is 3. The first-order chi connectivity index (χ1) is 28.9. The Balaban J connectivity index is 0.000000232. The lowest BCUT2D eigenvalue weighted by Crippen LogP contribution is -2.48. The predicted octanol–water partition coefficient (Wildman–Crippen LogP) is 6.38. The number of carbonyl (C=O) groups is 3. The molecule has 2 heterocycles. The van der Waals surface area contributed by atoms with E-state index in [1.807, 2.05) is 6.07 Å². The standard InChI is InChI=1S/C24H27NO8.C20H21NO6/c1-7-32-21(26)13-33-18-10-15(8-9-17(18)28-3)22-14(2)24(27)25(22)16-11-19(29-4)23(31-6)20(12-16)30-5;1-11-18(12-6-7-15(24-2)14(22)8-12)21(20(11)23)13-9-16(25-3)19(27-5)17(10-13)26-4/h8-12,22H,2,7,13H2,1,3-6H3;6-10,18,22H,1H2,2-5H3/t22-;18-/m11/s1. The number of phenols is 1. The van der Waals surface area contributed by atoms with E-state index in [1.165, 1.54) is 56.9 Å². The van der Waals surface area contributed by atoms with Gasteiger partial charge in [0.1, 0.15) is 0 Å². The number of esters is 1. The number of methoxy groups -OCH3 is 8. The number of amides is 2. The van der Waals surface area contributed by atoms with Gasteiger partial charge in [-0.15, -0.1) is 0 Å². The van der Waals surface area contributed by atoms with E-state index in [4.69, 9.17) is 47.4 Å². The number of ether oxygens (including phenoxy) is 10. The zero-order valence-corrected chi connectivity index (χ0v) is 34.9. The van der Waals surface area contributed by atoms with Crippen LogP contribution in [0.4, 0.5) is 11.4 Å². The maximum absolute atomic E-state index is 12.8. The minimum absolute atomic E-state index is 0.00742. The molecule has 0 spiro atoms. The van der Waals surface area contributed by atoms with Crippen LogP contribution in [0.2, 0.25) is 0 Å². The average Bonchev–Trinajstić information content (AvgIpc) is 3.27. The van der Waals surface area contributed by atoms with Gasteiger partial charge in [0.15, 0.2) is 52.6 Å². The Kier molecular flexibility index (Phi) is 13.9. The number of phenolic OH excluding ortho intramolecular Hbond substituents is 1. The van der Waals surface area contributed by atoms with Crippen molar-refractivity contribution in [1.82, 2.24) is 0 Å². The molecule has 0 radical (unpaired) electrons. The van der Waals surface area contributed by atoms with E-state index < -0.39 is 18.1 Å². The maximum Gasteiger partial charge on any atom is 0.344 e. The molecule has 2 fully saturated rings. The van der Waals surface area contributed by atoms with E-state index >= 15 is 0 Å². The smallest absolute Gasteiger partial charge is 0.344 e. The van der Waals surface area contributed by atoms with Crippen molar-refractivity contribution in [3.8, 4) is 57.5 Å². The van der Waals surface area contributed by atoms with E-state index in [0.717, 1.165) is 5.56 Å². The molecule has 16 nitrogen and oxygen atoms in total. The molecule has 2 aliphatic heterocycles. The van der Waals surface area contributed by atoms with E-state index in [1.54, 1.807) is 71.3 Å². The summed E-state index contributed by atoms with van der Waals surface area (Å²) in [7, 11) is 12.0. The zero-order valence-electron chi connectivity index (χ0n) is 34.9. The zero-order chi connectivity index (χ0) is 43.8. The molecule has 0 bridgehead atoms. The van der Waals surface area contributed by atoms with Gasteiger partial charge in [0.25, 0.3) is 11.8 Å². The highest BCUT2D eigenvalue weighted by Gasteiger charge is 2.45. The highest BCUT2D eigenvalue weighted by atomic mass is 16.6. The summed E-state index contributed by atoms with van der Waals surface area (Å²) >= 11 is 0. The summed E-state index contributed by atoms with van der Waals surface area (Å²) < 4.78 is 53.2. The summed E-state index contributed by atoms with van der Waals surface area (Å²) in [5, 5.41) is 10.1. The first-order valence-corrected chi connectivity index (χ1v) is 18.3. The largest absolute Gasteiger partial charge is 0.504 e. The Morgan fingerprint density at radius 1 is 0.567 bits per heavy atom. The van der Waals surface area contributed by atoms with Gasteiger partial charge in [0, 0.05) is 35.4 Å². The summed E-state index contributed by atoms with van der Waals surface area (Å²) in [6, 6.07) is 16.1. The third-order valence-electron chi connectivity index (χ3n) is 9.69. The minimum atomic E-state index is -0.493. The molecule has 2 atom stereocenters. The molecular formula is C44H48N2O14. The van der Waals surface area contributed by atoms with Crippen LogP contribution in [0.15, 0.2) is 85.0 Å². The van der Waals surface area contributed by atoms with Crippen molar-refractivity contribution in [2.75, 3.05) is 79.9 Å². The monoisotopic (exact) mass is 828 g/mol. The second-order valence-corrected chi connectivity index (χ2v) is 12.9. The third-order valence-corrected chi connectivity index (χ3v) is 9.69. The Morgan fingerprint density at radius 3 is 1.33 bits per heavy atom. The van der Waals surface area contributed by atoms with Crippen LogP contribution in [0.5, 0.6) is 57.5 Å². The highest BCUT2D eigenvalue weighted by Crippen LogP contribution is 2.50. The lowest BCUT2D eigenvalue weighted by atomic mass is 9.88. The molecule has 2 saturated heterocycles. The van der Waals surface area contributed by atoms with Gasteiger partial charge in [-0.3, -0.25) is 19.4 Å². The van der Waals surface area contributed by atoms with Gasteiger partial charge in [-0.1, -0.05) is 25.3 Å². The summed E-state index contributed by atoms with van der Waals surface area (Å²) in [5.41, 5.74) is 3.40. The van der Waals surface area contributed by atoms with Gasteiger partial charge in [0.2, 0.25) is 11.5 Å². The molecular weight excluding hydrogens is 780 g/mol. The van der Waals surface area contributed by atoms with Crippen LogP contribution in [0, 0.1) is 0 Å². The van der Waals surface area contributed by atoms with Crippen molar-refractivity contribution in [1.29, 1.82) is 0 Å². The third kappa shape index (κ3) is 8.34. The number of aromatic hydroxyl groups is 1. The predicted molar refractivity (Wildman–Crippen MR) is 221 cm³/mol. The maximum atomic E-state index is 12.8. The molecule has 1 N–H and O–H groups in total. The van der Waals surface area contributed by atoms with Crippen molar-refractivity contribution in [2.45, 2.75) is 19.0 Å². The lowest BCUT2D eigenvalue weighted by molar-refractivity contribution is -0.145. The summed E-state index contributed by atoms with van der Waals surface area (Å²) in [6.45, 7) is 9.52. The molecule has 0 saturated carbocycles. The van der Waals surface area contributed by atoms with Crippen molar-refractivity contribution in [2.24, 2.45) is 0 Å². The van der Waals surface area contributed by atoms with E-state index in [9.17, 15) is 19.5 Å². The van der Waals surface area contributed by atoms with E-state index in [-0.39, 0.29) is 30.8 Å². The number of hydrogen-bond acceptors (Lipinski definition) is 14. The fourth-order valence-corrected chi connectivity index (χ4v) is 6.80. The van der Waals surface area contributed by atoms with Gasteiger partial charge >= 0.3 is 5.97 Å². The normalized spacial score (nSPS) is 15.4. The van der Waals surface area contributed by atoms with Gasteiger partial charge in [-0.25, -0.2) is 4.79 Å². The molecule has 0 unspecified atom stereocenters. The van der Waals surface area contributed by atoms with E-state index in [2.05, 4.69) is 13.2 Å². The van der Waals surface area contributed by atoms with Gasteiger partial charge in [-0.2, -0.15) is 0 Å². The second-order valence-electron chi connectivity index (χ2n) is 12.9. The highest BCUT2D eigenvalue weighted by molar-refractivity contribution is 6.16. The number of β-lactam (4-membered cyclic amide) rings is 2. The summed E-state index contributed by atoms with van der Waals surface area (Å²) in [5.74, 6) is 2.77. The van der Waals surface area contributed by atoms with Crippen LogP contribution in [-0.4, -0.2) is 93.0 Å². The number of benzene rings is 4. The Bertz CT molecular complexity index is 2240. The van der Waals surface area contributed by atoms with Crippen molar-refractivity contribution < 1.29 is 66.9 Å². The van der Waals surface area contributed by atoms with E-state index in [0.29, 0.717) is 79.8 Å². The number of nitrogens with zero attached hydrogens (tertiary/aromatic N) is 2. The Hall–Kier alpha value is -7.23. The molecule has 6 rings (SSSR count). The Morgan fingerprint density at radius 2 is 0.967 bits per heavy atom. The van der Waals surface area contributed by atoms with Crippen molar-refractivity contribution >= 4 is 29.2 Å². The fraction of sp³-hybridized carbons (Fsp3) is 0.295. The molecule has 0 aliphatic carbocycles. The Labute approximate surface area is 347 Å². The molecule has 2 amide bonds. The first kappa shape index (κ1) is 43.9. The van der Waals surface area contributed by atoms with Crippen molar-refractivity contribution in [3.05, 3.63) is 96.1 Å². The number of hydrogen-bond donors (Lipinski definition) is 1. The van der Waals surface area contributed by atoms with Gasteiger partial charge in [0.05, 0.1) is 86.9 Å². The summed E-state index contributed by atoms with van der Waals surface area (Å²) in [4.78, 5) is 40.2. The molecule has 4 aromatic rings. The van der Waals surface area contributed by atoms with Crippen LogP contribution in [-0.2, 0) is 19.1 Å². The molecule has 318 valence electrons. The fourth-order valence-electron chi connectivity index (χ4n) is 6.80. The molecule has 0 aromatic heterocycles. The van der Waals surface area contributed by atoms with Crippen LogP contribution >= 0.6 is 0 Å². The minimum Gasteiger partial charge on any atom is -0.504 e. The number of anilines is 2. The topological polar surface area (TPSA) is 170 Å². The molecule has 16 heteroatoms. The molecule has 60 heavy (non-hydrogen) atoms.